The van der Waals surface area contributed by atoms with E-state index in [0.717, 1.165) is 38.8 Å². The maximum Gasteiger partial charge on any atom is 0.320 e. The number of rotatable bonds is 9. The number of nitrogens with zero attached hydrogens (tertiary/aromatic N) is 1. The van der Waals surface area contributed by atoms with E-state index in [1.165, 1.54) is 0 Å². The second-order valence-corrected chi connectivity index (χ2v) is 5.76. The number of hydrogen-bond acceptors (Lipinski definition) is 3. The van der Waals surface area contributed by atoms with Crippen molar-refractivity contribution in [1.29, 1.82) is 0 Å². The van der Waals surface area contributed by atoms with Crippen LogP contribution in [0.2, 0.25) is 0 Å². The van der Waals surface area contributed by atoms with Gasteiger partial charge in [-0.05, 0) is 24.7 Å². The third kappa shape index (κ3) is 4.20. The van der Waals surface area contributed by atoms with E-state index in [0.29, 0.717) is 11.8 Å². The molecule has 110 valence electrons. The Morgan fingerprint density at radius 3 is 2.16 bits per heavy atom. The fourth-order valence-corrected chi connectivity index (χ4v) is 3.28. The first-order valence-corrected chi connectivity index (χ1v) is 7.19. The molecule has 1 heterocycles. The molecule has 3 N–H and O–H groups in total. The van der Waals surface area contributed by atoms with Crippen molar-refractivity contribution in [1.82, 2.24) is 4.90 Å². The summed E-state index contributed by atoms with van der Waals surface area (Å²) < 4.78 is 0. The second kappa shape index (κ2) is 6.89. The van der Waals surface area contributed by atoms with E-state index < -0.39 is 17.9 Å². The van der Waals surface area contributed by atoms with Crippen LogP contribution in [-0.2, 0) is 9.59 Å². The highest BCUT2D eigenvalue weighted by Crippen LogP contribution is 2.41. The van der Waals surface area contributed by atoms with Crippen LogP contribution in [0.4, 0.5) is 0 Å². The van der Waals surface area contributed by atoms with Crippen LogP contribution in [0.15, 0.2) is 0 Å². The van der Waals surface area contributed by atoms with Gasteiger partial charge >= 0.3 is 5.97 Å². The molecule has 0 spiro atoms. The standard InChI is InChI=1S/C14H26N2O3/c1-3-7-14(8-4-2)9-16(10-14)11(13(18)19)5-6-12(15)17/h11H,3-10H2,1-2H3,(H2,15,17)(H,18,19). The van der Waals surface area contributed by atoms with Gasteiger partial charge in [0.1, 0.15) is 6.04 Å². The maximum atomic E-state index is 11.3. The Morgan fingerprint density at radius 1 is 1.26 bits per heavy atom. The zero-order chi connectivity index (χ0) is 14.5. The van der Waals surface area contributed by atoms with Crippen LogP contribution in [0.3, 0.4) is 0 Å². The van der Waals surface area contributed by atoms with Gasteiger partial charge in [-0.2, -0.15) is 0 Å². The van der Waals surface area contributed by atoms with Gasteiger partial charge in [-0.1, -0.05) is 26.7 Å². The number of likely N-dealkylation sites (tertiary alicyclic amines) is 1. The van der Waals surface area contributed by atoms with Gasteiger partial charge in [0.2, 0.25) is 5.91 Å². The number of nitrogens with two attached hydrogens (primary N) is 1. The van der Waals surface area contributed by atoms with Crippen LogP contribution in [0.1, 0.15) is 52.4 Å². The third-order valence-electron chi connectivity index (χ3n) is 4.03. The lowest BCUT2D eigenvalue weighted by molar-refractivity contribution is -0.150. The van der Waals surface area contributed by atoms with Crippen LogP contribution < -0.4 is 5.73 Å². The fraction of sp³-hybridized carbons (Fsp3) is 0.857. The summed E-state index contributed by atoms with van der Waals surface area (Å²) in [5, 5.41) is 9.26. The molecule has 19 heavy (non-hydrogen) atoms. The molecule has 0 aromatic carbocycles. The Bertz CT molecular complexity index is 317. The molecule has 0 saturated carbocycles. The molecule has 1 rings (SSSR count). The zero-order valence-corrected chi connectivity index (χ0v) is 12.0. The molecule has 0 aromatic heterocycles. The molecule has 5 nitrogen and oxygen atoms in total. The first-order chi connectivity index (χ1) is 8.94. The van der Waals surface area contributed by atoms with Gasteiger partial charge in [-0.25, -0.2) is 0 Å². The smallest absolute Gasteiger partial charge is 0.320 e. The number of carbonyl (C=O) groups is 2. The summed E-state index contributed by atoms with van der Waals surface area (Å²) in [4.78, 5) is 24.1. The minimum atomic E-state index is -0.845. The minimum absolute atomic E-state index is 0.141. The number of carboxylic acid groups (broad SMARTS) is 1. The van der Waals surface area contributed by atoms with E-state index in [-0.39, 0.29) is 6.42 Å². The van der Waals surface area contributed by atoms with Gasteiger partial charge in [0.15, 0.2) is 0 Å². The lowest BCUT2D eigenvalue weighted by Crippen LogP contribution is -2.61. The first kappa shape index (κ1) is 16.0. The molecule has 0 aliphatic carbocycles. The molecule has 1 amide bonds. The molecule has 5 heteroatoms. The summed E-state index contributed by atoms with van der Waals surface area (Å²) in [5.41, 5.74) is 5.39. The molecule has 1 fully saturated rings. The molecule has 0 radical (unpaired) electrons. The SMILES string of the molecule is CCCC1(CCC)CN(C(CCC(N)=O)C(=O)O)C1. The lowest BCUT2D eigenvalue weighted by atomic mass is 9.72. The maximum absolute atomic E-state index is 11.3. The second-order valence-electron chi connectivity index (χ2n) is 5.76. The van der Waals surface area contributed by atoms with Crippen LogP contribution in [-0.4, -0.2) is 41.0 Å². The Balaban J connectivity index is 2.55. The summed E-state index contributed by atoms with van der Waals surface area (Å²) in [6, 6.07) is -0.561. The summed E-state index contributed by atoms with van der Waals surface area (Å²) in [5.74, 6) is -1.27. The molecule has 1 saturated heterocycles. The highest BCUT2D eigenvalue weighted by atomic mass is 16.4. The first-order valence-electron chi connectivity index (χ1n) is 7.19. The topological polar surface area (TPSA) is 83.6 Å². The van der Waals surface area contributed by atoms with E-state index >= 15 is 0 Å². The normalized spacial score (nSPS) is 19.7. The van der Waals surface area contributed by atoms with Crippen molar-refractivity contribution in [2.45, 2.75) is 58.4 Å². The van der Waals surface area contributed by atoms with Crippen molar-refractivity contribution in [3.05, 3.63) is 0 Å². The lowest BCUT2D eigenvalue weighted by Gasteiger charge is -2.53. The molecule has 1 aliphatic rings. The largest absolute Gasteiger partial charge is 0.480 e. The van der Waals surface area contributed by atoms with Crippen molar-refractivity contribution in [2.75, 3.05) is 13.1 Å². The molecular weight excluding hydrogens is 244 g/mol. The number of primary amides is 1. The number of hydrogen-bond donors (Lipinski definition) is 2. The number of carboxylic acids is 1. The van der Waals surface area contributed by atoms with Crippen molar-refractivity contribution in [3.8, 4) is 0 Å². The van der Waals surface area contributed by atoms with Crippen molar-refractivity contribution in [2.24, 2.45) is 11.1 Å². The molecule has 1 unspecified atom stereocenters. The van der Waals surface area contributed by atoms with E-state index in [1.54, 1.807) is 0 Å². The third-order valence-corrected chi connectivity index (χ3v) is 4.03. The van der Waals surface area contributed by atoms with Crippen LogP contribution in [0.5, 0.6) is 0 Å². The Hall–Kier alpha value is -1.10. The number of aliphatic carboxylic acids is 1. The van der Waals surface area contributed by atoms with Gasteiger partial charge in [0.05, 0.1) is 0 Å². The van der Waals surface area contributed by atoms with Gasteiger partial charge < -0.3 is 10.8 Å². The molecule has 1 atom stereocenters. The van der Waals surface area contributed by atoms with E-state index in [9.17, 15) is 14.7 Å². The van der Waals surface area contributed by atoms with Crippen LogP contribution in [0, 0.1) is 5.41 Å². The fourth-order valence-electron chi connectivity index (χ4n) is 3.28. The molecule has 0 bridgehead atoms. The summed E-state index contributed by atoms with van der Waals surface area (Å²) in [7, 11) is 0. The van der Waals surface area contributed by atoms with E-state index in [2.05, 4.69) is 13.8 Å². The summed E-state index contributed by atoms with van der Waals surface area (Å²) >= 11 is 0. The molecular formula is C14H26N2O3. The van der Waals surface area contributed by atoms with Crippen LogP contribution >= 0.6 is 0 Å². The number of amides is 1. The predicted molar refractivity (Wildman–Crippen MR) is 73.7 cm³/mol. The summed E-state index contributed by atoms with van der Waals surface area (Å²) in [6.07, 6.45) is 5.03. The zero-order valence-electron chi connectivity index (χ0n) is 12.0. The predicted octanol–water partition coefficient (Wildman–Crippen LogP) is 1.61. The average Bonchev–Trinajstić information content (AvgIpc) is 2.26. The van der Waals surface area contributed by atoms with E-state index in [1.807, 2.05) is 4.90 Å². The van der Waals surface area contributed by atoms with Crippen molar-refractivity contribution >= 4 is 11.9 Å². The van der Waals surface area contributed by atoms with Gasteiger partial charge in [0, 0.05) is 19.5 Å². The number of carbonyl (C=O) groups excluding carboxylic acids is 1. The Kier molecular flexibility index (Phi) is 5.79. The highest BCUT2D eigenvalue weighted by Gasteiger charge is 2.45. The van der Waals surface area contributed by atoms with Gasteiger partial charge in [-0.3, -0.25) is 14.5 Å². The minimum Gasteiger partial charge on any atom is -0.480 e. The summed E-state index contributed by atoms with van der Waals surface area (Å²) in [6.45, 7) is 6.01. The molecule has 0 aromatic rings. The average molecular weight is 270 g/mol. The van der Waals surface area contributed by atoms with Crippen molar-refractivity contribution < 1.29 is 14.7 Å². The monoisotopic (exact) mass is 270 g/mol. The molecule has 1 aliphatic heterocycles. The van der Waals surface area contributed by atoms with E-state index in [4.69, 9.17) is 5.73 Å². The van der Waals surface area contributed by atoms with Gasteiger partial charge in [-0.15, -0.1) is 0 Å². The van der Waals surface area contributed by atoms with Crippen LogP contribution in [0.25, 0.3) is 0 Å². The van der Waals surface area contributed by atoms with Gasteiger partial charge in [0.25, 0.3) is 0 Å². The Morgan fingerprint density at radius 2 is 1.79 bits per heavy atom. The quantitative estimate of drug-likeness (QED) is 0.666. The Labute approximate surface area is 115 Å². The highest BCUT2D eigenvalue weighted by molar-refractivity contribution is 5.77. The van der Waals surface area contributed by atoms with Crippen molar-refractivity contribution in [3.63, 3.8) is 0 Å².